The molecule has 0 saturated heterocycles. The van der Waals surface area contributed by atoms with Gasteiger partial charge < -0.3 is 9.64 Å². The Morgan fingerprint density at radius 2 is 2.43 bits per heavy atom. The van der Waals surface area contributed by atoms with E-state index in [1.807, 2.05) is 12.4 Å². The molecule has 0 aliphatic heterocycles. The zero-order chi connectivity index (χ0) is 10.4. The van der Waals surface area contributed by atoms with Gasteiger partial charge in [0, 0.05) is 19.7 Å². The van der Waals surface area contributed by atoms with Crippen LogP contribution in [0.25, 0.3) is 0 Å². The number of nitrogens with zero attached hydrogens (tertiary/aromatic N) is 3. The Balaban J connectivity index is 2.55. The molecule has 0 amide bonds. The monoisotopic (exact) mass is 213 g/mol. The summed E-state index contributed by atoms with van der Waals surface area (Å²) in [4.78, 5) is 5.98. The first-order valence-corrected chi connectivity index (χ1v) is 5.82. The van der Waals surface area contributed by atoms with Gasteiger partial charge in [0.25, 0.3) is 0 Å². The van der Waals surface area contributed by atoms with Gasteiger partial charge >= 0.3 is 0 Å². The number of hydrogen-bond acceptors (Lipinski definition) is 4. The summed E-state index contributed by atoms with van der Waals surface area (Å²) < 4.78 is 5.03. The van der Waals surface area contributed by atoms with E-state index in [1.54, 1.807) is 7.11 Å². The lowest BCUT2D eigenvalue weighted by atomic mass is 10.5. The van der Waals surface area contributed by atoms with Gasteiger partial charge in [0.1, 0.15) is 0 Å². The SMILES string of the molecule is COCCN(C(=NC#N)SC)C1CC1. The molecule has 0 heterocycles. The van der Waals surface area contributed by atoms with Crippen molar-refractivity contribution in [2.75, 3.05) is 26.5 Å². The number of rotatable bonds is 4. The van der Waals surface area contributed by atoms with Gasteiger partial charge in [0.2, 0.25) is 6.19 Å². The minimum absolute atomic E-state index is 0.574. The number of ether oxygens (including phenoxy) is 1. The van der Waals surface area contributed by atoms with E-state index in [4.69, 9.17) is 10.00 Å². The molecule has 14 heavy (non-hydrogen) atoms. The fourth-order valence-corrected chi connectivity index (χ4v) is 1.89. The van der Waals surface area contributed by atoms with Crippen molar-refractivity contribution in [1.82, 2.24) is 4.90 Å². The number of aliphatic imine (C=N–C) groups is 1. The lowest BCUT2D eigenvalue weighted by Gasteiger charge is -2.23. The molecule has 0 atom stereocenters. The van der Waals surface area contributed by atoms with Crippen molar-refractivity contribution in [3.63, 3.8) is 0 Å². The Morgan fingerprint density at radius 1 is 1.71 bits per heavy atom. The standard InChI is InChI=1S/C9H15N3OS/c1-13-6-5-12(8-3-4-8)9(14-2)11-7-10/h8H,3-6H2,1-2H3. The predicted molar refractivity (Wildman–Crippen MR) is 58.2 cm³/mol. The summed E-state index contributed by atoms with van der Waals surface area (Å²) >= 11 is 1.52. The highest BCUT2D eigenvalue weighted by Crippen LogP contribution is 2.28. The fourth-order valence-electron chi connectivity index (χ4n) is 1.28. The van der Waals surface area contributed by atoms with Crippen LogP contribution in [0.5, 0.6) is 0 Å². The lowest BCUT2D eigenvalue weighted by Crippen LogP contribution is -2.33. The van der Waals surface area contributed by atoms with Gasteiger partial charge in [-0.1, -0.05) is 11.8 Å². The third kappa shape index (κ3) is 3.20. The number of thioether (sulfide) groups is 1. The molecular weight excluding hydrogens is 198 g/mol. The summed E-state index contributed by atoms with van der Waals surface area (Å²) in [6.07, 6.45) is 6.19. The van der Waals surface area contributed by atoms with Crippen molar-refractivity contribution in [3.8, 4) is 6.19 Å². The molecule has 1 saturated carbocycles. The molecule has 0 unspecified atom stereocenters. The molecule has 0 bridgehead atoms. The van der Waals surface area contributed by atoms with E-state index in [0.717, 1.165) is 11.7 Å². The van der Waals surface area contributed by atoms with Crippen molar-refractivity contribution in [2.24, 2.45) is 4.99 Å². The predicted octanol–water partition coefficient (Wildman–Crippen LogP) is 1.30. The van der Waals surface area contributed by atoms with Gasteiger partial charge in [0.15, 0.2) is 5.17 Å². The van der Waals surface area contributed by atoms with Crippen LogP contribution in [0.1, 0.15) is 12.8 Å². The molecule has 78 valence electrons. The Bertz CT molecular complexity index is 245. The van der Waals surface area contributed by atoms with Crippen LogP contribution in [0.4, 0.5) is 0 Å². The van der Waals surface area contributed by atoms with Gasteiger partial charge in [-0.15, -0.1) is 4.99 Å². The topological polar surface area (TPSA) is 48.6 Å². The normalized spacial score (nSPS) is 16.5. The summed E-state index contributed by atoms with van der Waals surface area (Å²) in [6.45, 7) is 1.50. The molecule has 1 fully saturated rings. The first-order chi connectivity index (χ1) is 6.83. The van der Waals surface area contributed by atoms with E-state index in [-0.39, 0.29) is 0 Å². The highest BCUT2D eigenvalue weighted by molar-refractivity contribution is 8.13. The first kappa shape index (κ1) is 11.3. The maximum Gasteiger partial charge on any atom is 0.208 e. The van der Waals surface area contributed by atoms with E-state index in [1.165, 1.54) is 24.6 Å². The summed E-state index contributed by atoms with van der Waals surface area (Å²) in [5.41, 5.74) is 0. The smallest absolute Gasteiger partial charge is 0.208 e. The van der Waals surface area contributed by atoms with Crippen LogP contribution in [-0.2, 0) is 4.74 Å². The van der Waals surface area contributed by atoms with Gasteiger partial charge in [-0.2, -0.15) is 5.26 Å². The molecular formula is C9H15N3OS. The molecule has 1 aliphatic carbocycles. The van der Waals surface area contributed by atoms with Gasteiger partial charge in [-0.05, 0) is 19.1 Å². The van der Waals surface area contributed by atoms with E-state index in [9.17, 15) is 0 Å². The molecule has 1 rings (SSSR count). The number of amidine groups is 1. The van der Waals surface area contributed by atoms with E-state index < -0.39 is 0 Å². The van der Waals surface area contributed by atoms with Crippen molar-refractivity contribution >= 4 is 16.9 Å². The second-order valence-corrected chi connectivity index (χ2v) is 3.89. The lowest BCUT2D eigenvalue weighted by molar-refractivity contribution is 0.175. The molecule has 0 spiro atoms. The largest absolute Gasteiger partial charge is 0.383 e. The molecule has 1 aliphatic rings. The highest BCUT2D eigenvalue weighted by Gasteiger charge is 2.30. The van der Waals surface area contributed by atoms with E-state index >= 15 is 0 Å². The van der Waals surface area contributed by atoms with Crippen LogP contribution in [0, 0.1) is 11.5 Å². The van der Waals surface area contributed by atoms with Gasteiger partial charge in [0.05, 0.1) is 6.61 Å². The molecule has 4 nitrogen and oxygen atoms in total. The third-order valence-electron chi connectivity index (χ3n) is 2.10. The fraction of sp³-hybridized carbons (Fsp3) is 0.778. The number of hydrogen-bond donors (Lipinski definition) is 0. The van der Waals surface area contributed by atoms with Crippen molar-refractivity contribution in [3.05, 3.63) is 0 Å². The second kappa shape index (κ2) is 5.89. The van der Waals surface area contributed by atoms with Gasteiger partial charge in [-0.25, -0.2) is 0 Å². The molecule has 0 aromatic rings. The zero-order valence-corrected chi connectivity index (χ0v) is 9.38. The van der Waals surface area contributed by atoms with Crippen LogP contribution in [0.15, 0.2) is 4.99 Å². The first-order valence-electron chi connectivity index (χ1n) is 4.59. The summed E-state index contributed by atoms with van der Waals surface area (Å²) in [6, 6.07) is 0.574. The molecule has 5 heteroatoms. The minimum Gasteiger partial charge on any atom is -0.383 e. The average molecular weight is 213 g/mol. The quantitative estimate of drug-likeness (QED) is 0.401. The van der Waals surface area contributed by atoms with Crippen LogP contribution in [0.3, 0.4) is 0 Å². The Hall–Kier alpha value is -0.730. The summed E-state index contributed by atoms with van der Waals surface area (Å²) in [7, 11) is 1.69. The summed E-state index contributed by atoms with van der Waals surface area (Å²) in [5.74, 6) is 0. The third-order valence-corrected chi connectivity index (χ3v) is 2.79. The summed E-state index contributed by atoms with van der Waals surface area (Å²) in [5, 5.41) is 9.35. The minimum atomic E-state index is 0.574. The van der Waals surface area contributed by atoms with Crippen LogP contribution in [-0.4, -0.2) is 42.6 Å². The van der Waals surface area contributed by atoms with Crippen LogP contribution < -0.4 is 0 Å². The van der Waals surface area contributed by atoms with E-state index in [0.29, 0.717) is 12.6 Å². The Labute approximate surface area is 88.9 Å². The molecule has 0 N–H and O–H groups in total. The number of methoxy groups -OCH3 is 1. The van der Waals surface area contributed by atoms with Crippen LogP contribution in [0.2, 0.25) is 0 Å². The van der Waals surface area contributed by atoms with Crippen molar-refractivity contribution in [2.45, 2.75) is 18.9 Å². The molecule has 0 radical (unpaired) electrons. The second-order valence-electron chi connectivity index (χ2n) is 3.12. The zero-order valence-electron chi connectivity index (χ0n) is 8.56. The maximum atomic E-state index is 8.54. The van der Waals surface area contributed by atoms with Crippen molar-refractivity contribution in [1.29, 1.82) is 5.26 Å². The molecule has 0 aromatic heterocycles. The number of nitriles is 1. The highest BCUT2D eigenvalue weighted by atomic mass is 32.2. The van der Waals surface area contributed by atoms with E-state index in [2.05, 4.69) is 9.89 Å². The molecule has 0 aromatic carbocycles. The average Bonchev–Trinajstić information content (AvgIpc) is 3.00. The van der Waals surface area contributed by atoms with Gasteiger partial charge in [-0.3, -0.25) is 0 Å². The van der Waals surface area contributed by atoms with Crippen LogP contribution >= 0.6 is 11.8 Å². The Kier molecular flexibility index (Phi) is 4.77. The maximum absolute atomic E-state index is 8.54. The van der Waals surface area contributed by atoms with Crippen molar-refractivity contribution < 1.29 is 4.74 Å². The Morgan fingerprint density at radius 3 is 2.86 bits per heavy atom.